The molecule has 0 fully saturated rings. The van der Waals surface area contributed by atoms with Gasteiger partial charge in [-0.2, -0.15) is 0 Å². The van der Waals surface area contributed by atoms with E-state index in [4.69, 9.17) is 9.47 Å². The van der Waals surface area contributed by atoms with Gasteiger partial charge in [-0.15, -0.1) is 0 Å². The number of fused-ring (bicyclic) bond motifs is 1. The van der Waals surface area contributed by atoms with Crippen LogP contribution in [0.3, 0.4) is 0 Å². The highest BCUT2D eigenvalue weighted by molar-refractivity contribution is 9.10. The minimum Gasteiger partial charge on any atom is -0.496 e. The third kappa shape index (κ3) is 2.27. The molecule has 0 radical (unpaired) electrons. The second kappa shape index (κ2) is 5.10. The second-order valence-corrected chi connectivity index (χ2v) is 5.10. The summed E-state index contributed by atoms with van der Waals surface area (Å²) in [6.45, 7) is 0. The van der Waals surface area contributed by atoms with Crippen LogP contribution in [0.25, 0.3) is 0 Å². The Morgan fingerprint density at radius 2 is 2.06 bits per heavy atom. The van der Waals surface area contributed by atoms with Crippen LogP contribution in [0.4, 0.5) is 0 Å². The molecule has 1 aromatic rings. The summed E-state index contributed by atoms with van der Waals surface area (Å²) in [5, 5.41) is 0. The average Bonchev–Trinajstić information content (AvgIpc) is 2.37. The molecule has 0 spiro atoms. The Balaban J connectivity index is 2.46. The molecule has 0 bridgehead atoms. The maximum absolute atomic E-state index is 12.1. The summed E-state index contributed by atoms with van der Waals surface area (Å²) in [4.78, 5) is 23.6. The van der Waals surface area contributed by atoms with E-state index in [1.807, 2.05) is 0 Å². The quantitative estimate of drug-likeness (QED) is 0.787. The fourth-order valence-electron chi connectivity index (χ4n) is 2.24. The topological polar surface area (TPSA) is 52.6 Å². The third-order valence-electron chi connectivity index (χ3n) is 3.11. The summed E-state index contributed by atoms with van der Waals surface area (Å²) in [5.74, 6) is -0.184. The van der Waals surface area contributed by atoms with E-state index in [-0.39, 0.29) is 18.2 Å². The maximum Gasteiger partial charge on any atom is 0.309 e. The van der Waals surface area contributed by atoms with Crippen molar-refractivity contribution in [2.75, 3.05) is 14.2 Å². The van der Waals surface area contributed by atoms with E-state index in [0.29, 0.717) is 17.7 Å². The molecule has 1 aliphatic rings. The Kier molecular flexibility index (Phi) is 3.71. The number of Topliss-reactive ketones (excluding diaryl/α,β-unsaturated/α-hetero) is 1. The number of halogens is 1. The van der Waals surface area contributed by atoms with Crippen LogP contribution in [0.1, 0.15) is 22.3 Å². The number of rotatable bonds is 2. The zero-order valence-electron chi connectivity index (χ0n) is 10.2. The number of ketones is 1. The van der Waals surface area contributed by atoms with Gasteiger partial charge in [-0.25, -0.2) is 0 Å². The standard InChI is InChI=1S/C13H13BrO4/c1-17-12-6-8(14)5-9-10(12)3-7(4-11(9)15)13(16)18-2/h5-7H,3-4H2,1-2H3. The first-order valence-corrected chi connectivity index (χ1v) is 6.33. The lowest BCUT2D eigenvalue weighted by atomic mass is 9.82. The Morgan fingerprint density at radius 3 is 2.67 bits per heavy atom. The molecular formula is C13H13BrO4. The SMILES string of the molecule is COC(=O)C1CC(=O)c2cc(Br)cc(OC)c2C1. The van der Waals surface area contributed by atoms with Crippen molar-refractivity contribution in [3.8, 4) is 5.75 Å². The number of hydrogen-bond donors (Lipinski definition) is 0. The van der Waals surface area contributed by atoms with Crippen molar-refractivity contribution in [3.63, 3.8) is 0 Å². The molecular weight excluding hydrogens is 300 g/mol. The molecule has 5 heteroatoms. The molecule has 2 rings (SSSR count). The first-order chi connectivity index (χ1) is 8.56. The van der Waals surface area contributed by atoms with Crippen LogP contribution in [-0.2, 0) is 16.0 Å². The van der Waals surface area contributed by atoms with Gasteiger partial charge in [0.05, 0.1) is 20.1 Å². The lowest BCUT2D eigenvalue weighted by molar-refractivity contribution is -0.145. The summed E-state index contributed by atoms with van der Waals surface area (Å²) >= 11 is 3.34. The third-order valence-corrected chi connectivity index (χ3v) is 3.57. The number of benzene rings is 1. The fraction of sp³-hybridized carbons (Fsp3) is 0.385. The zero-order valence-corrected chi connectivity index (χ0v) is 11.7. The number of ether oxygens (including phenoxy) is 2. The molecule has 96 valence electrons. The van der Waals surface area contributed by atoms with Crippen molar-refractivity contribution in [2.45, 2.75) is 12.8 Å². The van der Waals surface area contributed by atoms with E-state index in [0.717, 1.165) is 10.0 Å². The van der Waals surface area contributed by atoms with E-state index >= 15 is 0 Å². The van der Waals surface area contributed by atoms with Gasteiger partial charge in [-0.1, -0.05) is 15.9 Å². The normalized spacial score (nSPS) is 18.2. The molecule has 0 saturated carbocycles. The summed E-state index contributed by atoms with van der Waals surface area (Å²) in [6.07, 6.45) is 0.670. The molecule has 1 aliphatic carbocycles. The predicted molar refractivity (Wildman–Crippen MR) is 68.9 cm³/mol. The lowest BCUT2D eigenvalue weighted by Gasteiger charge is -2.23. The highest BCUT2D eigenvalue weighted by Crippen LogP contribution is 2.35. The molecule has 0 heterocycles. The maximum atomic E-state index is 12.1. The summed E-state index contributed by atoms with van der Waals surface area (Å²) in [6, 6.07) is 3.57. The van der Waals surface area contributed by atoms with E-state index in [2.05, 4.69) is 15.9 Å². The van der Waals surface area contributed by atoms with Gasteiger partial charge < -0.3 is 9.47 Å². The molecule has 1 unspecified atom stereocenters. The van der Waals surface area contributed by atoms with Crippen LogP contribution in [0.2, 0.25) is 0 Å². The van der Waals surface area contributed by atoms with Gasteiger partial charge in [0.2, 0.25) is 0 Å². The second-order valence-electron chi connectivity index (χ2n) is 4.19. The number of carbonyl (C=O) groups excluding carboxylic acids is 2. The van der Waals surface area contributed by atoms with Crippen LogP contribution in [0, 0.1) is 5.92 Å². The van der Waals surface area contributed by atoms with E-state index in [1.54, 1.807) is 19.2 Å². The number of carbonyl (C=O) groups is 2. The number of methoxy groups -OCH3 is 2. The lowest BCUT2D eigenvalue weighted by Crippen LogP contribution is -2.27. The van der Waals surface area contributed by atoms with Gasteiger partial charge in [0.15, 0.2) is 5.78 Å². The molecule has 18 heavy (non-hydrogen) atoms. The molecule has 0 saturated heterocycles. The van der Waals surface area contributed by atoms with Crippen LogP contribution >= 0.6 is 15.9 Å². The van der Waals surface area contributed by atoms with Gasteiger partial charge in [0, 0.05) is 22.0 Å². The minimum absolute atomic E-state index is 0.0498. The van der Waals surface area contributed by atoms with Gasteiger partial charge in [-0.3, -0.25) is 9.59 Å². The predicted octanol–water partition coefficient (Wildman–Crippen LogP) is 2.38. The Hall–Kier alpha value is -1.36. The highest BCUT2D eigenvalue weighted by atomic mass is 79.9. The fourth-order valence-corrected chi connectivity index (χ4v) is 2.68. The largest absolute Gasteiger partial charge is 0.496 e. The first-order valence-electron chi connectivity index (χ1n) is 5.54. The van der Waals surface area contributed by atoms with Crippen molar-refractivity contribution in [2.24, 2.45) is 5.92 Å². The monoisotopic (exact) mass is 312 g/mol. The summed E-state index contributed by atoms with van der Waals surface area (Å²) in [7, 11) is 2.88. The van der Waals surface area contributed by atoms with Gasteiger partial charge in [-0.05, 0) is 18.6 Å². The van der Waals surface area contributed by atoms with Crippen molar-refractivity contribution in [1.82, 2.24) is 0 Å². The smallest absolute Gasteiger partial charge is 0.309 e. The summed E-state index contributed by atoms with van der Waals surface area (Å²) < 4.78 is 10.8. The van der Waals surface area contributed by atoms with Gasteiger partial charge in [0.1, 0.15) is 5.75 Å². The number of esters is 1. The average molecular weight is 313 g/mol. The van der Waals surface area contributed by atoms with Crippen molar-refractivity contribution in [3.05, 3.63) is 27.7 Å². The Labute approximate surface area is 113 Å². The van der Waals surface area contributed by atoms with E-state index in [9.17, 15) is 9.59 Å². The Bertz CT molecular complexity index is 510. The minimum atomic E-state index is -0.412. The summed E-state index contributed by atoms with van der Waals surface area (Å²) in [5.41, 5.74) is 1.41. The molecule has 0 aromatic heterocycles. The molecule has 1 aromatic carbocycles. The molecule has 0 N–H and O–H groups in total. The van der Waals surface area contributed by atoms with Crippen molar-refractivity contribution >= 4 is 27.7 Å². The Morgan fingerprint density at radius 1 is 1.33 bits per heavy atom. The molecule has 0 amide bonds. The first kappa shape index (κ1) is 13.1. The van der Waals surface area contributed by atoms with Crippen LogP contribution < -0.4 is 4.74 Å². The molecule has 0 aliphatic heterocycles. The molecule has 4 nitrogen and oxygen atoms in total. The number of hydrogen-bond acceptors (Lipinski definition) is 4. The van der Waals surface area contributed by atoms with Crippen LogP contribution in [-0.4, -0.2) is 26.0 Å². The van der Waals surface area contributed by atoms with E-state index < -0.39 is 5.92 Å². The van der Waals surface area contributed by atoms with Crippen molar-refractivity contribution < 1.29 is 19.1 Å². The van der Waals surface area contributed by atoms with Crippen LogP contribution in [0.15, 0.2) is 16.6 Å². The van der Waals surface area contributed by atoms with Crippen LogP contribution in [0.5, 0.6) is 5.75 Å². The van der Waals surface area contributed by atoms with Gasteiger partial charge >= 0.3 is 5.97 Å². The zero-order chi connectivity index (χ0) is 13.3. The van der Waals surface area contributed by atoms with Gasteiger partial charge in [0.25, 0.3) is 0 Å². The van der Waals surface area contributed by atoms with Crippen molar-refractivity contribution in [1.29, 1.82) is 0 Å². The highest BCUT2D eigenvalue weighted by Gasteiger charge is 2.32. The van der Waals surface area contributed by atoms with E-state index in [1.165, 1.54) is 7.11 Å². The molecule has 1 atom stereocenters.